The van der Waals surface area contributed by atoms with Crippen LogP contribution in [0.25, 0.3) is 0 Å². The predicted octanol–water partition coefficient (Wildman–Crippen LogP) is 3.30. The predicted molar refractivity (Wildman–Crippen MR) is 62.0 cm³/mol. The van der Waals surface area contributed by atoms with E-state index in [2.05, 4.69) is 6.07 Å². The van der Waals surface area contributed by atoms with Gasteiger partial charge < -0.3 is 9.47 Å². The highest BCUT2D eigenvalue weighted by Gasteiger charge is 2.23. The van der Waals surface area contributed by atoms with E-state index in [4.69, 9.17) is 26.3 Å². The van der Waals surface area contributed by atoms with Crippen LogP contribution in [0.2, 0.25) is 5.02 Å². The fourth-order valence-electron chi connectivity index (χ4n) is 1.14. The number of benzene rings is 1. The number of methoxy groups -OCH3 is 1. The van der Waals surface area contributed by atoms with E-state index in [1.807, 2.05) is 0 Å². The Bertz CT molecular complexity index is 381. The molecule has 0 unspecified atom stereocenters. The monoisotopic (exact) mass is 239 g/mol. The molecule has 16 heavy (non-hydrogen) atoms. The maximum Gasteiger partial charge on any atom is 0.172 e. The molecule has 0 saturated heterocycles. The van der Waals surface area contributed by atoms with Gasteiger partial charge in [-0.1, -0.05) is 23.7 Å². The van der Waals surface area contributed by atoms with Crippen LogP contribution in [-0.4, -0.2) is 12.9 Å². The molecule has 0 aliphatic rings. The van der Waals surface area contributed by atoms with Gasteiger partial charge in [0.25, 0.3) is 0 Å². The van der Waals surface area contributed by atoms with Crippen LogP contribution >= 0.6 is 11.6 Å². The molecule has 0 radical (unpaired) electrons. The maximum absolute atomic E-state index is 9.04. The molecule has 1 aromatic rings. The summed E-state index contributed by atoms with van der Waals surface area (Å²) >= 11 is 5.77. The lowest BCUT2D eigenvalue weighted by Crippen LogP contribution is -2.28. The number of ether oxygens (including phenoxy) is 2. The second kappa shape index (κ2) is 5.31. The average molecular weight is 240 g/mol. The first kappa shape index (κ1) is 13.0. The first-order chi connectivity index (χ1) is 7.48. The fourth-order valence-corrected chi connectivity index (χ4v) is 1.26. The van der Waals surface area contributed by atoms with Crippen LogP contribution in [-0.2, 0) is 9.47 Å². The van der Waals surface area contributed by atoms with Crippen LogP contribution in [0, 0.1) is 11.3 Å². The molecular weight excluding hydrogens is 226 g/mol. The molecule has 0 N–H and O–H groups in total. The van der Waals surface area contributed by atoms with Gasteiger partial charge in [-0.05, 0) is 31.5 Å². The van der Waals surface area contributed by atoms with E-state index >= 15 is 0 Å². The Morgan fingerprint density at radius 1 is 1.31 bits per heavy atom. The Labute approximate surface area is 101 Å². The van der Waals surface area contributed by atoms with Crippen molar-refractivity contribution < 1.29 is 9.47 Å². The third-order valence-corrected chi connectivity index (χ3v) is 2.44. The zero-order valence-electron chi connectivity index (χ0n) is 9.53. The summed E-state index contributed by atoms with van der Waals surface area (Å²) in [6, 6.07) is 9.07. The molecule has 1 atom stereocenters. The SMILES string of the molecule is COC(C)(C)O[C@@H](C#N)c1ccc(Cl)cc1. The van der Waals surface area contributed by atoms with Crippen LogP contribution < -0.4 is 0 Å². The lowest BCUT2D eigenvalue weighted by atomic mass is 10.1. The van der Waals surface area contributed by atoms with Crippen LogP contribution in [0.3, 0.4) is 0 Å². The van der Waals surface area contributed by atoms with Crippen molar-refractivity contribution in [3.05, 3.63) is 34.9 Å². The van der Waals surface area contributed by atoms with E-state index in [0.29, 0.717) is 5.02 Å². The lowest BCUT2D eigenvalue weighted by molar-refractivity contribution is -0.213. The molecule has 86 valence electrons. The Balaban J connectivity index is 2.84. The average Bonchev–Trinajstić information content (AvgIpc) is 2.27. The van der Waals surface area contributed by atoms with Gasteiger partial charge in [0.15, 0.2) is 11.9 Å². The van der Waals surface area contributed by atoms with Gasteiger partial charge in [-0.25, -0.2) is 0 Å². The highest BCUT2D eigenvalue weighted by Crippen LogP contribution is 2.25. The van der Waals surface area contributed by atoms with E-state index in [0.717, 1.165) is 5.56 Å². The Morgan fingerprint density at radius 3 is 2.31 bits per heavy atom. The summed E-state index contributed by atoms with van der Waals surface area (Å²) in [6.45, 7) is 3.51. The van der Waals surface area contributed by atoms with Gasteiger partial charge in [-0.15, -0.1) is 0 Å². The summed E-state index contributed by atoms with van der Waals surface area (Å²) < 4.78 is 10.7. The van der Waals surface area contributed by atoms with Crippen molar-refractivity contribution in [3.63, 3.8) is 0 Å². The standard InChI is InChI=1S/C12H14ClNO2/c1-12(2,15-3)16-11(8-14)9-4-6-10(13)7-5-9/h4-7,11H,1-3H3/t11-/m0/s1. The zero-order valence-corrected chi connectivity index (χ0v) is 10.3. The highest BCUT2D eigenvalue weighted by atomic mass is 35.5. The van der Waals surface area contributed by atoms with Gasteiger partial charge in [0.2, 0.25) is 0 Å². The summed E-state index contributed by atoms with van der Waals surface area (Å²) in [6.07, 6.45) is -0.660. The molecular formula is C12H14ClNO2. The third kappa shape index (κ3) is 3.49. The Morgan fingerprint density at radius 2 is 1.88 bits per heavy atom. The van der Waals surface area contributed by atoms with Crippen molar-refractivity contribution in [2.45, 2.75) is 25.7 Å². The molecule has 0 spiro atoms. The summed E-state index contributed by atoms with van der Waals surface area (Å²) in [5.41, 5.74) is 0.761. The minimum atomic E-state index is -0.792. The van der Waals surface area contributed by atoms with Crippen molar-refractivity contribution in [3.8, 4) is 6.07 Å². The van der Waals surface area contributed by atoms with Crippen LogP contribution in [0.5, 0.6) is 0 Å². The minimum Gasteiger partial charge on any atom is -0.354 e. The topological polar surface area (TPSA) is 42.2 Å². The summed E-state index contributed by atoms with van der Waals surface area (Å²) in [7, 11) is 1.54. The number of rotatable bonds is 4. The van der Waals surface area contributed by atoms with Gasteiger partial charge in [0.05, 0.1) is 6.07 Å². The summed E-state index contributed by atoms with van der Waals surface area (Å²) in [4.78, 5) is 0. The molecule has 0 amide bonds. The van der Waals surface area contributed by atoms with Crippen LogP contribution in [0.15, 0.2) is 24.3 Å². The molecule has 0 saturated carbocycles. The van der Waals surface area contributed by atoms with Crippen LogP contribution in [0.4, 0.5) is 0 Å². The van der Waals surface area contributed by atoms with E-state index in [1.54, 1.807) is 38.1 Å². The number of nitrogens with zero attached hydrogens (tertiary/aromatic N) is 1. The second-order valence-corrected chi connectivity index (χ2v) is 4.22. The zero-order chi connectivity index (χ0) is 12.2. The molecule has 0 aliphatic carbocycles. The molecule has 3 nitrogen and oxygen atoms in total. The number of hydrogen-bond donors (Lipinski definition) is 0. The molecule has 1 rings (SSSR count). The van der Waals surface area contributed by atoms with Crippen molar-refractivity contribution >= 4 is 11.6 Å². The first-order valence-corrected chi connectivity index (χ1v) is 5.24. The Hall–Kier alpha value is -1.08. The quantitative estimate of drug-likeness (QED) is 0.757. The van der Waals surface area contributed by atoms with Crippen molar-refractivity contribution in [2.24, 2.45) is 0 Å². The van der Waals surface area contributed by atoms with Crippen molar-refractivity contribution in [2.75, 3.05) is 7.11 Å². The fraction of sp³-hybridized carbons (Fsp3) is 0.417. The van der Waals surface area contributed by atoms with Gasteiger partial charge >= 0.3 is 0 Å². The summed E-state index contributed by atoms with van der Waals surface area (Å²) in [5.74, 6) is -0.792. The van der Waals surface area contributed by atoms with E-state index < -0.39 is 11.9 Å². The molecule has 4 heteroatoms. The van der Waals surface area contributed by atoms with Gasteiger partial charge in [-0.2, -0.15) is 5.26 Å². The van der Waals surface area contributed by atoms with Crippen molar-refractivity contribution in [1.82, 2.24) is 0 Å². The van der Waals surface area contributed by atoms with Gasteiger partial charge in [0, 0.05) is 12.1 Å². The number of halogens is 1. The smallest absolute Gasteiger partial charge is 0.172 e. The molecule has 0 bridgehead atoms. The largest absolute Gasteiger partial charge is 0.354 e. The Kier molecular flexibility index (Phi) is 4.31. The normalized spacial score (nSPS) is 13.2. The molecule has 0 heterocycles. The molecule has 0 aliphatic heterocycles. The van der Waals surface area contributed by atoms with Crippen LogP contribution in [0.1, 0.15) is 25.5 Å². The summed E-state index contributed by atoms with van der Waals surface area (Å²) in [5, 5.41) is 9.68. The van der Waals surface area contributed by atoms with Gasteiger partial charge in [-0.3, -0.25) is 0 Å². The van der Waals surface area contributed by atoms with E-state index in [9.17, 15) is 0 Å². The second-order valence-electron chi connectivity index (χ2n) is 3.78. The molecule has 0 fully saturated rings. The molecule has 0 aromatic heterocycles. The highest BCUT2D eigenvalue weighted by molar-refractivity contribution is 6.30. The van der Waals surface area contributed by atoms with Crippen molar-refractivity contribution in [1.29, 1.82) is 5.26 Å². The van der Waals surface area contributed by atoms with E-state index in [1.165, 1.54) is 7.11 Å². The minimum absolute atomic E-state index is 0.631. The first-order valence-electron chi connectivity index (χ1n) is 4.86. The maximum atomic E-state index is 9.04. The van der Waals surface area contributed by atoms with E-state index in [-0.39, 0.29) is 0 Å². The number of hydrogen-bond acceptors (Lipinski definition) is 3. The van der Waals surface area contributed by atoms with Gasteiger partial charge in [0.1, 0.15) is 0 Å². The lowest BCUT2D eigenvalue weighted by Gasteiger charge is -2.26. The molecule has 1 aromatic carbocycles. The number of nitriles is 1. The third-order valence-electron chi connectivity index (χ3n) is 2.18.